The van der Waals surface area contributed by atoms with Gasteiger partial charge in [-0.15, -0.1) is 0 Å². The van der Waals surface area contributed by atoms with Crippen LogP contribution in [0.25, 0.3) is 0 Å². The topological polar surface area (TPSA) is 78.4 Å². The Kier molecular flexibility index (Phi) is 9.55. The van der Waals surface area contributed by atoms with E-state index in [4.69, 9.17) is 5.11 Å². The van der Waals surface area contributed by atoms with Crippen molar-refractivity contribution >= 4 is 23.8 Å². The molecule has 0 aromatic rings. The summed E-state index contributed by atoms with van der Waals surface area (Å²) < 4.78 is 0. The van der Waals surface area contributed by atoms with Gasteiger partial charge in [-0.2, -0.15) is 11.8 Å². The number of carbonyl (C=O) groups is 2. The minimum atomic E-state index is -0.794. The van der Waals surface area contributed by atoms with E-state index >= 15 is 0 Å². The van der Waals surface area contributed by atoms with Crippen LogP contribution in [0.2, 0.25) is 0 Å². The second kappa shape index (κ2) is 10.1. The van der Waals surface area contributed by atoms with Gasteiger partial charge >= 0.3 is 12.0 Å². The van der Waals surface area contributed by atoms with Crippen molar-refractivity contribution in [3.05, 3.63) is 0 Å². The first-order valence-electron chi connectivity index (χ1n) is 6.27. The normalized spacial score (nSPS) is 13.7. The molecule has 0 aliphatic rings. The molecule has 2 unspecified atom stereocenters. The summed E-state index contributed by atoms with van der Waals surface area (Å²) >= 11 is 1.70. The minimum Gasteiger partial charge on any atom is -0.481 e. The Morgan fingerprint density at radius 3 is 2.50 bits per heavy atom. The van der Waals surface area contributed by atoms with Crippen molar-refractivity contribution in [1.29, 1.82) is 0 Å². The van der Waals surface area contributed by atoms with Crippen LogP contribution in [0.5, 0.6) is 0 Å². The third-order valence-corrected chi connectivity index (χ3v) is 3.34. The van der Waals surface area contributed by atoms with Crippen molar-refractivity contribution in [1.82, 2.24) is 10.6 Å². The Morgan fingerprint density at radius 1 is 1.33 bits per heavy atom. The predicted molar refractivity (Wildman–Crippen MR) is 75.1 cm³/mol. The summed E-state index contributed by atoms with van der Waals surface area (Å²) in [4.78, 5) is 22.0. The van der Waals surface area contributed by atoms with E-state index < -0.39 is 5.97 Å². The molecule has 3 N–H and O–H groups in total. The van der Waals surface area contributed by atoms with E-state index in [0.29, 0.717) is 12.8 Å². The number of hydrogen-bond donors (Lipinski definition) is 3. The number of carboxylic acids is 1. The molecule has 0 aliphatic carbocycles. The number of thioether (sulfide) groups is 1. The van der Waals surface area contributed by atoms with Gasteiger partial charge in [-0.05, 0) is 32.4 Å². The van der Waals surface area contributed by atoms with Crippen molar-refractivity contribution < 1.29 is 14.7 Å². The first-order chi connectivity index (χ1) is 8.49. The summed E-state index contributed by atoms with van der Waals surface area (Å²) in [7, 11) is 0. The summed E-state index contributed by atoms with van der Waals surface area (Å²) in [5, 5.41) is 14.3. The van der Waals surface area contributed by atoms with E-state index in [2.05, 4.69) is 10.6 Å². The largest absolute Gasteiger partial charge is 0.481 e. The maximum Gasteiger partial charge on any atom is 0.315 e. The fourth-order valence-electron chi connectivity index (χ4n) is 1.55. The zero-order chi connectivity index (χ0) is 14.0. The maximum absolute atomic E-state index is 11.6. The number of amides is 2. The van der Waals surface area contributed by atoms with E-state index in [9.17, 15) is 9.59 Å². The molecule has 0 fully saturated rings. The summed E-state index contributed by atoms with van der Waals surface area (Å²) in [6, 6.07) is 0.0149. The Hall–Kier alpha value is -0.910. The van der Waals surface area contributed by atoms with Gasteiger partial charge < -0.3 is 15.7 Å². The Labute approximate surface area is 113 Å². The molecule has 5 nitrogen and oxygen atoms in total. The van der Waals surface area contributed by atoms with Crippen molar-refractivity contribution in [2.24, 2.45) is 0 Å². The molecule has 0 aromatic heterocycles. The first-order valence-corrected chi connectivity index (χ1v) is 7.66. The number of urea groups is 1. The van der Waals surface area contributed by atoms with E-state index in [1.165, 1.54) is 0 Å². The van der Waals surface area contributed by atoms with Gasteiger partial charge in [-0.25, -0.2) is 4.79 Å². The molecule has 0 aromatic carbocycles. The second-order valence-corrected chi connectivity index (χ2v) is 5.28. The lowest BCUT2D eigenvalue weighted by Crippen LogP contribution is -2.46. The van der Waals surface area contributed by atoms with E-state index in [-0.39, 0.29) is 24.5 Å². The lowest BCUT2D eigenvalue weighted by molar-refractivity contribution is -0.137. The summed E-state index contributed by atoms with van der Waals surface area (Å²) in [5.74, 6) is 0.106. The molecule has 0 saturated heterocycles. The van der Waals surface area contributed by atoms with Crippen LogP contribution >= 0.6 is 11.8 Å². The van der Waals surface area contributed by atoms with Gasteiger partial charge in [0.25, 0.3) is 0 Å². The van der Waals surface area contributed by atoms with Crippen molar-refractivity contribution in [2.75, 3.05) is 12.0 Å². The summed E-state index contributed by atoms with van der Waals surface area (Å²) in [6.07, 6.45) is 4.33. The summed E-state index contributed by atoms with van der Waals surface area (Å²) in [6.45, 7) is 3.93. The molecular formula is C12H24N2O3S. The van der Waals surface area contributed by atoms with Crippen LogP contribution in [-0.2, 0) is 4.79 Å². The number of nitrogens with one attached hydrogen (secondary N) is 2. The Balaban J connectivity index is 3.81. The van der Waals surface area contributed by atoms with Gasteiger partial charge in [-0.3, -0.25) is 4.79 Å². The maximum atomic E-state index is 11.6. The van der Waals surface area contributed by atoms with Gasteiger partial charge in [0.1, 0.15) is 0 Å². The predicted octanol–water partition coefficient (Wildman–Crippen LogP) is 2.07. The highest BCUT2D eigenvalue weighted by molar-refractivity contribution is 7.98. The highest BCUT2D eigenvalue weighted by Gasteiger charge is 2.12. The van der Waals surface area contributed by atoms with Crippen LogP contribution in [0.15, 0.2) is 0 Å². The highest BCUT2D eigenvalue weighted by Crippen LogP contribution is 2.02. The summed E-state index contributed by atoms with van der Waals surface area (Å²) in [5.41, 5.74) is 0. The molecule has 6 heteroatoms. The molecule has 0 rings (SSSR count). The lowest BCUT2D eigenvalue weighted by atomic mass is 10.1. The second-order valence-electron chi connectivity index (χ2n) is 4.37. The van der Waals surface area contributed by atoms with Crippen LogP contribution in [0.4, 0.5) is 4.79 Å². The molecule has 18 heavy (non-hydrogen) atoms. The minimum absolute atomic E-state index is 0.00358. The quantitative estimate of drug-likeness (QED) is 0.602. The van der Waals surface area contributed by atoms with Gasteiger partial charge in [-0.1, -0.05) is 6.92 Å². The zero-order valence-electron chi connectivity index (χ0n) is 11.4. The third-order valence-electron chi connectivity index (χ3n) is 2.60. The SMILES string of the molecule is CCC(CSC)NC(=O)NC(C)CCCC(=O)O. The van der Waals surface area contributed by atoms with Gasteiger partial charge in [0, 0.05) is 24.3 Å². The fourth-order valence-corrected chi connectivity index (χ4v) is 2.27. The smallest absolute Gasteiger partial charge is 0.315 e. The van der Waals surface area contributed by atoms with Crippen molar-refractivity contribution in [3.8, 4) is 0 Å². The number of hydrogen-bond acceptors (Lipinski definition) is 3. The molecular weight excluding hydrogens is 252 g/mol. The number of rotatable bonds is 9. The average molecular weight is 276 g/mol. The van der Waals surface area contributed by atoms with Crippen LogP contribution < -0.4 is 10.6 Å². The lowest BCUT2D eigenvalue weighted by Gasteiger charge is -2.19. The Morgan fingerprint density at radius 2 is 2.00 bits per heavy atom. The highest BCUT2D eigenvalue weighted by atomic mass is 32.2. The molecule has 0 radical (unpaired) electrons. The third kappa shape index (κ3) is 9.15. The molecule has 0 aliphatic heterocycles. The average Bonchev–Trinajstić information content (AvgIpc) is 2.27. The van der Waals surface area contributed by atoms with Gasteiger partial charge in [0.15, 0.2) is 0 Å². The fraction of sp³-hybridized carbons (Fsp3) is 0.833. The molecule has 0 heterocycles. The van der Waals surface area contributed by atoms with E-state index in [1.54, 1.807) is 11.8 Å². The molecule has 2 atom stereocenters. The van der Waals surface area contributed by atoms with Crippen molar-refractivity contribution in [2.45, 2.75) is 51.6 Å². The molecule has 0 saturated carbocycles. The molecule has 106 valence electrons. The van der Waals surface area contributed by atoms with Crippen LogP contribution in [0.1, 0.15) is 39.5 Å². The number of carbonyl (C=O) groups excluding carboxylic acids is 1. The Bertz CT molecular complexity index is 262. The van der Waals surface area contributed by atoms with Crippen LogP contribution in [-0.4, -0.2) is 41.2 Å². The van der Waals surface area contributed by atoms with Crippen LogP contribution in [0, 0.1) is 0 Å². The van der Waals surface area contributed by atoms with E-state index in [1.807, 2.05) is 20.1 Å². The van der Waals surface area contributed by atoms with Gasteiger partial charge in [0.2, 0.25) is 0 Å². The standard InChI is InChI=1S/C12H24N2O3S/c1-4-10(8-18-3)14-12(17)13-9(2)6-5-7-11(15)16/h9-10H,4-8H2,1-3H3,(H,15,16)(H2,13,14,17). The molecule has 0 bridgehead atoms. The monoisotopic (exact) mass is 276 g/mol. The zero-order valence-corrected chi connectivity index (χ0v) is 12.2. The molecule has 2 amide bonds. The number of aliphatic carboxylic acids is 1. The molecule has 0 spiro atoms. The van der Waals surface area contributed by atoms with E-state index in [0.717, 1.165) is 12.2 Å². The number of carboxylic acid groups (broad SMARTS) is 1. The van der Waals surface area contributed by atoms with Gasteiger partial charge in [0.05, 0.1) is 0 Å². The first kappa shape index (κ1) is 17.1. The van der Waals surface area contributed by atoms with Crippen LogP contribution in [0.3, 0.4) is 0 Å². The van der Waals surface area contributed by atoms with Crippen molar-refractivity contribution in [3.63, 3.8) is 0 Å².